The van der Waals surface area contributed by atoms with Crippen LogP contribution < -0.4 is 5.73 Å². The third-order valence-electron chi connectivity index (χ3n) is 3.58. The minimum atomic E-state index is -3.01. The Morgan fingerprint density at radius 2 is 2.00 bits per heavy atom. The van der Waals surface area contributed by atoms with Crippen molar-refractivity contribution in [2.75, 3.05) is 18.1 Å². The molecule has 1 aliphatic heterocycles. The Morgan fingerprint density at radius 1 is 1.38 bits per heavy atom. The maximum absolute atomic E-state index is 12.3. The molecule has 114 valence electrons. The van der Waals surface area contributed by atoms with Crippen molar-refractivity contribution in [3.05, 3.63) is 35.4 Å². The van der Waals surface area contributed by atoms with E-state index in [1.807, 2.05) is 12.1 Å². The predicted molar refractivity (Wildman–Crippen MR) is 85.9 cm³/mol. The van der Waals surface area contributed by atoms with Gasteiger partial charge in [-0.05, 0) is 12.5 Å². The van der Waals surface area contributed by atoms with E-state index in [1.54, 1.807) is 24.0 Å². The molecular weight excluding hydrogens is 308 g/mol. The molecule has 1 aromatic carbocycles. The van der Waals surface area contributed by atoms with Gasteiger partial charge in [0.15, 0.2) is 9.84 Å². The Labute approximate surface area is 130 Å². The number of nitrogens with zero attached hydrogens (tertiary/aromatic N) is 1. The van der Waals surface area contributed by atoms with E-state index in [0.717, 1.165) is 11.1 Å². The van der Waals surface area contributed by atoms with Crippen LogP contribution in [0.15, 0.2) is 24.3 Å². The monoisotopic (exact) mass is 326 g/mol. The number of thiocarbonyl (C=S) groups is 1. The van der Waals surface area contributed by atoms with Crippen LogP contribution in [-0.4, -0.2) is 48.3 Å². The van der Waals surface area contributed by atoms with Crippen LogP contribution in [0, 0.1) is 0 Å². The summed E-state index contributed by atoms with van der Waals surface area (Å²) in [5.74, 6) is 0.0308. The van der Waals surface area contributed by atoms with Gasteiger partial charge in [0.25, 0.3) is 0 Å². The number of benzene rings is 1. The molecule has 1 aromatic rings. The third kappa shape index (κ3) is 4.01. The van der Waals surface area contributed by atoms with Crippen LogP contribution in [0.25, 0.3) is 0 Å². The van der Waals surface area contributed by atoms with Gasteiger partial charge < -0.3 is 10.6 Å². The van der Waals surface area contributed by atoms with Gasteiger partial charge >= 0.3 is 0 Å². The van der Waals surface area contributed by atoms with Gasteiger partial charge in [0.05, 0.1) is 17.9 Å². The third-order valence-corrected chi connectivity index (χ3v) is 5.62. The summed E-state index contributed by atoms with van der Waals surface area (Å²) in [6.45, 7) is 2.04. The summed E-state index contributed by atoms with van der Waals surface area (Å²) in [6, 6.07) is 6.94. The van der Waals surface area contributed by atoms with Crippen LogP contribution >= 0.6 is 12.2 Å². The van der Waals surface area contributed by atoms with E-state index < -0.39 is 9.84 Å². The Bertz CT molecular complexity index is 653. The number of carbonyl (C=O) groups excluding carboxylic acids is 1. The van der Waals surface area contributed by atoms with Crippen LogP contribution in [0.1, 0.15) is 18.1 Å². The molecule has 2 rings (SSSR count). The summed E-state index contributed by atoms with van der Waals surface area (Å²) in [4.78, 5) is 14.3. The van der Waals surface area contributed by atoms with Crippen molar-refractivity contribution in [1.29, 1.82) is 0 Å². The van der Waals surface area contributed by atoms with Crippen LogP contribution in [0.3, 0.4) is 0 Å². The molecule has 1 saturated heterocycles. The van der Waals surface area contributed by atoms with E-state index in [1.165, 1.54) is 0 Å². The van der Waals surface area contributed by atoms with Gasteiger partial charge in [0.2, 0.25) is 5.91 Å². The van der Waals surface area contributed by atoms with Gasteiger partial charge in [-0.2, -0.15) is 0 Å². The van der Waals surface area contributed by atoms with Crippen molar-refractivity contribution in [3.8, 4) is 0 Å². The molecule has 2 N–H and O–H groups in total. The molecule has 1 heterocycles. The number of nitrogens with two attached hydrogens (primary N) is 1. The van der Waals surface area contributed by atoms with Crippen molar-refractivity contribution in [3.63, 3.8) is 0 Å². The molecule has 0 saturated carbocycles. The second-order valence-corrected chi connectivity index (χ2v) is 7.96. The summed E-state index contributed by atoms with van der Waals surface area (Å²) in [7, 11) is -3.01. The number of hydrogen-bond acceptors (Lipinski definition) is 4. The Balaban J connectivity index is 2.03. The Morgan fingerprint density at radius 3 is 2.52 bits per heavy atom. The highest BCUT2D eigenvalue weighted by atomic mass is 32.2. The fourth-order valence-electron chi connectivity index (χ4n) is 2.43. The minimum Gasteiger partial charge on any atom is -0.389 e. The highest BCUT2D eigenvalue weighted by molar-refractivity contribution is 7.91. The highest BCUT2D eigenvalue weighted by Gasteiger charge is 2.30. The summed E-state index contributed by atoms with van der Waals surface area (Å²) >= 11 is 4.88. The van der Waals surface area contributed by atoms with E-state index in [9.17, 15) is 13.2 Å². The van der Waals surface area contributed by atoms with Gasteiger partial charge in [-0.25, -0.2) is 8.42 Å². The number of hydrogen-bond donors (Lipinski definition) is 1. The first-order chi connectivity index (χ1) is 9.78. The van der Waals surface area contributed by atoms with E-state index in [-0.39, 0.29) is 36.4 Å². The van der Waals surface area contributed by atoms with Crippen LogP contribution in [0.5, 0.6) is 0 Å². The van der Waals surface area contributed by atoms with Gasteiger partial charge in [0, 0.05) is 18.2 Å². The molecule has 1 fully saturated rings. The zero-order chi connectivity index (χ0) is 15.6. The number of rotatable bonds is 3. The first-order valence-electron chi connectivity index (χ1n) is 6.67. The van der Waals surface area contributed by atoms with E-state index in [2.05, 4.69) is 0 Å². The minimum absolute atomic E-state index is 0.0408. The smallest absolute Gasteiger partial charge is 0.227 e. The zero-order valence-electron chi connectivity index (χ0n) is 11.8. The Kier molecular flexibility index (Phi) is 4.63. The lowest BCUT2D eigenvalue weighted by atomic mass is 10.1. The van der Waals surface area contributed by atoms with Gasteiger partial charge in [-0.3, -0.25) is 4.79 Å². The summed E-state index contributed by atoms with van der Waals surface area (Å²) in [5, 5.41) is 0. The van der Waals surface area contributed by atoms with Crippen LogP contribution in [0.4, 0.5) is 0 Å². The van der Waals surface area contributed by atoms with Crippen molar-refractivity contribution < 1.29 is 13.2 Å². The van der Waals surface area contributed by atoms with Crippen molar-refractivity contribution in [2.24, 2.45) is 5.73 Å². The average molecular weight is 326 g/mol. The normalized spacial score (nSPS) is 21.0. The molecular formula is C14H18N2O3S2. The second kappa shape index (κ2) is 6.11. The maximum Gasteiger partial charge on any atom is 0.227 e. The summed E-state index contributed by atoms with van der Waals surface area (Å²) in [5.41, 5.74) is 7.15. The largest absolute Gasteiger partial charge is 0.389 e. The van der Waals surface area contributed by atoms with Gasteiger partial charge in [0.1, 0.15) is 4.99 Å². The number of sulfone groups is 1. The first-order valence-corrected chi connectivity index (χ1v) is 8.90. The van der Waals surface area contributed by atoms with E-state index in [0.29, 0.717) is 4.99 Å². The molecule has 0 radical (unpaired) electrons. The predicted octanol–water partition coefficient (Wildman–Crippen LogP) is 0.509. The molecule has 0 spiro atoms. The molecule has 0 aliphatic carbocycles. The maximum atomic E-state index is 12.3. The molecule has 5 nitrogen and oxygen atoms in total. The highest BCUT2D eigenvalue weighted by Crippen LogP contribution is 2.14. The van der Waals surface area contributed by atoms with E-state index in [4.69, 9.17) is 18.0 Å². The van der Waals surface area contributed by atoms with E-state index >= 15 is 0 Å². The molecule has 7 heteroatoms. The molecule has 0 bridgehead atoms. The first kappa shape index (κ1) is 15.9. The molecule has 0 aromatic heterocycles. The second-order valence-electron chi connectivity index (χ2n) is 5.29. The van der Waals surface area contributed by atoms with Crippen molar-refractivity contribution >= 4 is 33.0 Å². The summed E-state index contributed by atoms with van der Waals surface area (Å²) in [6.07, 6.45) is 0.252. The van der Waals surface area contributed by atoms with Crippen LogP contribution in [-0.2, 0) is 21.1 Å². The quantitative estimate of drug-likeness (QED) is 0.819. The van der Waals surface area contributed by atoms with Crippen molar-refractivity contribution in [1.82, 2.24) is 4.90 Å². The standard InChI is InChI=1S/C14H18N2O3S2/c1-10-9-21(18,19)7-6-16(10)13(17)8-11-2-4-12(5-3-11)14(15)20/h2-5,10H,6-9H2,1H3,(H2,15,20). The number of carbonyl (C=O) groups is 1. The molecule has 1 unspecified atom stereocenters. The van der Waals surface area contributed by atoms with Crippen molar-refractivity contribution in [2.45, 2.75) is 19.4 Å². The fourth-order valence-corrected chi connectivity index (χ4v) is 4.12. The van der Waals surface area contributed by atoms with Crippen LogP contribution in [0.2, 0.25) is 0 Å². The molecule has 1 amide bonds. The lowest BCUT2D eigenvalue weighted by molar-refractivity contribution is -0.131. The number of amides is 1. The fraction of sp³-hybridized carbons (Fsp3) is 0.429. The lowest BCUT2D eigenvalue weighted by Gasteiger charge is -2.33. The topological polar surface area (TPSA) is 80.5 Å². The average Bonchev–Trinajstić information content (AvgIpc) is 2.37. The molecule has 1 aliphatic rings. The SMILES string of the molecule is CC1CS(=O)(=O)CCN1C(=O)Cc1ccc(C(N)=S)cc1. The van der Waals surface area contributed by atoms with Gasteiger partial charge in [-0.1, -0.05) is 36.5 Å². The van der Waals surface area contributed by atoms with Gasteiger partial charge in [-0.15, -0.1) is 0 Å². The lowest BCUT2D eigenvalue weighted by Crippen LogP contribution is -2.50. The zero-order valence-corrected chi connectivity index (χ0v) is 13.4. The molecule has 21 heavy (non-hydrogen) atoms. The Hall–Kier alpha value is -1.47. The summed E-state index contributed by atoms with van der Waals surface area (Å²) < 4.78 is 23.1. The molecule has 1 atom stereocenters.